The van der Waals surface area contributed by atoms with E-state index < -0.39 is 41.9 Å². The first-order valence-corrected chi connectivity index (χ1v) is 14.9. The first-order chi connectivity index (χ1) is 19.9. The van der Waals surface area contributed by atoms with Gasteiger partial charge in [0.1, 0.15) is 22.7 Å². The molecule has 5 rings (SSSR count). The van der Waals surface area contributed by atoms with Crippen LogP contribution < -0.4 is 14.2 Å². The zero-order valence-electron chi connectivity index (χ0n) is 21.6. The van der Waals surface area contributed by atoms with Gasteiger partial charge in [-0.25, -0.2) is 4.31 Å². The highest BCUT2D eigenvalue weighted by atomic mass is 35.5. The van der Waals surface area contributed by atoms with Crippen molar-refractivity contribution in [1.29, 1.82) is 0 Å². The molecule has 2 aliphatic rings. The Hall–Kier alpha value is -3.36. The van der Waals surface area contributed by atoms with Gasteiger partial charge in [-0.05, 0) is 48.6 Å². The predicted molar refractivity (Wildman–Crippen MR) is 148 cm³/mol. The normalized spacial score (nSPS) is 17.1. The van der Waals surface area contributed by atoms with E-state index in [1.165, 1.54) is 36.4 Å². The summed E-state index contributed by atoms with van der Waals surface area (Å²) < 4.78 is 64.7. The van der Waals surface area contributed by atoms with Crippen molar-refractivity contribution >= 4 is 45.9 Å². The number of esters is 1. The summed E-state index contributed by atoms with van der Waals surface area (Å²) in [5.74, 6) is -1.74. The van der Waals surface area contributed by atoms with Crippen LogP contribution in [0.1, 0.15) is 40.4 Å². The lowest BCUT2D eigenvalue weighted by molar-refractivity contribution is -0.605. The van der Waals surface area contributed by atoms with Gasteiger partial charge in [-0.2, -0.15) is 13.5 Å². The van der Waals surface area contributed by atoms with Gasteiger partial charge < -0.3 is 19.4 Å². The Kier molecular flexibility index (Phi) is 8.67. The van der Waals surface area contributed by atoms with Crippen LogP contribution in [-0.2, 0) is 16.0 Å². The fraction of sp³-hybridized carbons (Fsp3) is 0.296. The number of fused-ring (bicyclic) bond motifs is 1. The summed E-state index contributed by atoms with van der Waals surface area (Å²) in [5, 5.41) is 11.7. The van der Waals surface area contributed by atoms with Crippen molar-refractivity contribution in [3.8, 4) is 11.5 Å². The first kappa shape index (κ1) is 30.1. The summed E-state index contributed by atoms with van der Waals surface area (Å²) in [5.41, 5.74) is 0.553. The van der Waals surface area contributed by atoms with Crippen molar-refractivity contribution < 1.29 is 46.4 Å². The number of hydrogen-bond acceptors (Lipinski definition) is 8. The molecule has 0 spiro atoms. The number of pyridine rings is 1. The van der Waals surface area contributed by atoms with Crippen LogP contribution in [0.2, 0.25) is 10.0 Å². The molecule has 1 saturated carbocycles. The third kappa shape index (κ3) is 6.50. The molecule has 224 valence electrons. The Bertz CT molecular complexity index is 1500. The van der Waals surface area contributed by atoms with Crippen molar-refractivity contribution in [2.24, 2.45) is 5.92 Å². The van der Waals surface area contributed by atoms with Gasteiger partial charge in [0.25, 0.3) is 5.91 Å². The van der Waals surface area contributed by atoms with E-state index in [9.17, 15) is 32.7 Å². The second-order valence-electron chi connectivity index (χ2n) is 9.67. The highest BCUT2D eigenvalue weighted by molar-refractivity contribution is 8.23. The Morgan fingerprint density at radius 3 is 2.45 bits per heavy atom. The number of halogens is 4. The summed E-state index contributed by atoms with van der Waals surface area (Å²) in [6, 6.07) is 9.86. The molecule has 0 radical (unpaired) electrons. The third-order valence-corrected chi connectivity index (χ3v) is 9.17. The Balaban J connectivity index is 1.45. The molecule has 2 N–H and O–H groups in total. The average Bonchev–Trinajstić information content (AvgIpc) is 3.73. The topological polar surface area (TPSA) is 132 Å². The van der Waals surface area contributed by atoms with E-state index in [0.29, 0.717) is 9.04 Å². The Labute approximate surface area is 250 Å². The highest BCUT2D eigenvalue weighted by Gasteiger charge is 2.42. The van der Waals surface area contributed by atoms with Crippen molar-refractivity contribution in [2.75, 3.05) is 13.2 Å². The zero-order valence-corrected chi connectivity index (χ0v) is 24.0. The fourth-order valence-electron chi connectivity index (χ4n) is 4.39. The van der Waals surface area contributed by atoms with Crippen molar-refractivity contribution in [3.63, 3.8) is 0 Å². The summed E-state index contributed by atoms with van der Waals surface area (Å²) in [4.78, 5) is 26.1. The maximum atomic E-state index is 13.2. The van der Waals surface area contributed by atoms with E-state index in [4.69, 9.17) is 32.7 Å². The lowest BCUT2D eigenvalue weighted by Gasteiger charge is -2.36. The van der Waals surface area contributed by atoms with Crippen LogP contribution in [0.5, 0.6) is 11.5 Å². The standard InChI is InChI=1S/C27H24Cl2F2N2O8S/c28-19-11-32(36)12-20(29)18(19)10-22(16-7-8-21(41-27(30)31)23(9-16)39-14-15-5-6-15)40-25(34)13-33-26(35)17-3-1-2-4-24(17)42(33,37)38/h1-4,7-9,11-12,15,22,27,37-38H,5-6,10,13-14H2. The molecule has 1 atom stereocenters. The molecule has 10 nitrogen and oxygen atoms in total. The predicted octanol–water partition coefficient (Wildman–Crippen LogP) is 6.02. The molecular formula is C27H24Cl2F2N2O8S. The van der Waals surface area contributed by atoms with Gasteiger partial charge in [0.15, 0.2) is 23.9 Å². The fourth-order valence-corrected chi connectivity index (χ4v) is 6.55. The second-order valence-corrected chi connectivity index (χ2v) is 12.4. The zero-order chi connectivity index (χ0) is 30.2. The average molecular weight is 645 g/mol. The van der Waals surface area contributed by atoms with Gasteiger partial charge >= 0.3 is 12.6 Å². The molecule has 2 heterocycles. The SMILES string of the molecule is O=C(CN1C(=O)c2ccccc2S1(O)O)OC(Cc1c(Cl)c[n+]([O-])cc1Cl)c1ccc(OC(F)F)c(OCC2CC2)c1. The molecule has 1 aliphatic heterocycles. The van der Waals surface area contributed by atoms with Gasteiger partial charge in [0, 0.05) is 12.0 Å². The molecule has 0 bridgehead atoms. The molecule has 2 aromatic carbocycles. The van der Waals surface area contributed by atoms with E-state index in [-0.39, 0.29) is 62.1 Å². The van der Waals surface area contributed by atoms with Crippen molar-refractivity contribution in [1.82, 2.24) is 4.31 Å². The number of ether oxygens (including phenoxy) is 3. The number of carbonyl (C=O) groups is 2. The van der Waals surface area contributed by atoms with E-state index in [2.05, 4.69) is 4.74 Å². The summed E-state index contributed by atoms with van der Waals surface area (Å²) in [7, 11) is -3.81. The smallest absolute Gasteiger partial charge is 0.387 e. The Morgan fingerprint density at radius 1 is 1.12 bits per heavy atom. The molecule has 15 heteroatoms. The number of alkyl halides is 2. The Morgan fingerprint density at radius 2 is 1.81 bits per heavy atom. The summed E-state index contributed by atoms with van der Waals surface area (Å²) >= 11 is 12.5. The van der Waals surface area contributed by atoms with Crippen LogP contribution in [0.3, 0.4) is 0 Å². The summed E-state index contributed by atoms with van der Waals surface area (Å²) in [6.07, 6.45) is 2.62. The van der Waals surface area contributed by atoms with Crippen LogP contribution in [0.25, 0.3) is 0 Å². The number of nitrogens with zero attached hydrogens (tertiary/aromatic N) is 2. The van der Waals surface area contributed by atoms with Gasteiger partial charge in [0.05, 0.1) is 17.1 Å². The highest BCUT2D eigenvalue weighted by Crippen LogP contribution is 2.58. The van der Waals surface area contributed by atoms with E-state index >= 15 is 0 Å². The van der Waals surface area contributed by atoms with Crippen molar-refractivity contribution in [3.05, 3.63) is 86.8 Å². The largest absolute Gasteiger partial charge is 0.619 e. The lowest BCUT2D eigenvalue weighted by Crippen LogP contribution is -2.34. The van der Waals surface area contributed by atoms with Crippen LogP contribution >= 0.6 is 34.0 Å². The maximum Gasteiger partial charge on any atom is 0.387 e. The van der Waals surface area contributed by atoms with Gasteiger partial charge in [0.2, 0.25) is 0 Å². The second kappa shape index (κ2) is 12.1. The van der Waals surface area contributed by atoms with E-state index in [1.807, 2.05) is 0 Å². The molecule has 3 aromatic rings. The van der Waals surface area contributed by atoms with Crippen LogP contribution in [0.4, 0.5) is 8.78 Å². The number of aromatic nitrogens is 1. The number of amides is 1. The minimum Gasteiger partial charge on any atom is -0.619 e. The number of hydrogen-bond donors (Lipinski definition) is 2. The lowest BCUT2D eigenvalue weighted by atomic mass is 10.0. The quantitative estimate of drug-likeness (QED) is 0.147. The molecule has 1 aliphatic carbocycles. The van der Waals surface area contributed by atoms with Gasteiger partial charge in [-0.1, -0.05) is 52.2 Å². The minimum atomic E-state index is -3.81. The maximum absolute atomic E-state index is 13.2. The van der Waals surface area contributed by atoms with Crippen LogP contribution in [-0.4, -0.2) is 45.1 Å². The molecule has 42 heavy (non-hydrogen) atoms. The van der Waals surface area contributed by atoms with Crippen LogP contribution in [0, 0.1) is 11.1 Å². The third-order valence-electron chi connectivity index (χ3n) is 6.67. The molecule has 1 amide bonds. The number of benzene rings is 2. The molecule has 1 fully saturated rings. The molecule has 1 unspecified atom stereocenters. The minimum absolute atomic E-state index is 0.0113. The molecule has 0 saturated heterocycles. The van der Waals surface area contributed by atoms with Crippen LogP contribution in [0.15, 0.2) is 59.8 Å². The number of rotatable bonds is 11. The van der Waals surface area contributed by atoms with E-state index in [1.54, 1.807) is 6.07 Å². The monoisotopic (exact) mass is 644 g/mol. The van der Waals surface area contributed by atoms with E-state index in [0.717, 1.165) is 25.2 Å². The molecular weight excluding hydrogens is 621 g/mol. The van der Waals surface area contributed by atoms with Gasteiger partial charge in [-0.3, -0.25) is 18.7 Å². The first-order valence-electron chi connectivity index (χ1n) is 12.6. The van der Waals surface area contributed by atoms with Gasteiger partial charge in [-0.15, -0.1) is 0 Å². The molecule has 1 aromatic heterocycles. The van der Waals surface area contributed by atoms with Crippen molar-refractivity contribution in [2.45, 2.75) is 36.9 Å². The summed E-state index contributed by atoms with van der Waals surface area (Å²) in [6.45, 7) is -3.67. The number of carbonyl (C=O) groups excluding carboxylic acids is 2.